The highest BCUT2D eigenvalue weighted by atomic mass is 16.6. The number of rotatable bonds is 4. The first kappa shape index (κ1) is 12.6. The van der Waals surface area contributed by atoms with Gasteiger partial charge in [0.1, 0.15) is 6.26 Å². The monoisotopic (exact) mass is 264 g/mol. The van der Waals surface area contributed by atoms with Crippen molar-refractivity contribution in [2.45, 2.75) is 0 Å². The zero-order valence-electron chi connectivity index (χ0n) is 9.69. The number of hydrogen-bond donors (Lipinski definition) is 1. The molecule has 0 radical (unpaired) electrons. The second kappa shape index (κ2) is 4.77. The van der Waals surface area contributed by atoms with Gasteiger partial charge >= 0.3 is 11.7 Å². The van der Waals surface area contributed by atoms with Crippen molar-refractivity contribution in [2.24, 2.45) is 0 Å². The van der Waals surface area contributed by atoms with Gasteiger partial charge in [0.2, 0.25) is 5.89 Å². The van der Waals surface area contributed by atoms with Gasteiger partial charge in [-0.05, 0) is 12.1 Å². The summed E-state index contributed by atoms with van der Waals surface area (Å²) in [5, 5.41) is 19.5. The summed E-state index contributed by atoms with van der Waals surface area (Å²) in [5.74, 6) is -1.13. The van der Waals surface area contributed by atoms with E-state index < -0.39 is 10.9 Å². The number of methoxy groups -OCH3 is 1. The van der Waals surface area contributed by atoms with Crippen molar-refractivity contribution in [3.63, 3.8) is 0 Å². The molecule has 2 rings (SSSR count). The predicted molar refractivity (Wildman–Crippen MR) is 62.1 cm³/mol. The molecular formula is C11H8N2O6. The van der Waals surface area contributed by atoms with E-state index >= 15 is 0 Å². The standard InChI is InChI=1S/C11H8N2O6/c1-18-9-4-6(2-3-8(9)13(16)17)10-12-7(5-19-10)11(14)15/h2-5H,1H3,(H,14,15). The van der Waals surface area contributed by atoms with Crippen molar-refractivity contribution in [2.75, 3.05) is 7.11 Å². The van der Waals surface area contributed by atoms with E-state index in [0.717, 1.165) is 6.26 Å². The number of nitro benzene ring substituents is 1. The normalized spacial score (nSPS) is 10.2. The lowest BCUT2D eigenvalue weighted by Gasteiger charge is -2.02. The first-order valence-electron chi connectivity index (χ1n) is 5.04. The Hall–Kier alpha value is -2.90. The summed E-state index contributed by atoms with van der Waals surface area (Å²) in [6.07, 6.45) is 0.992. The van der Waals surface area contributed by atoms with Crippen LogP contribution in [0.1, 0.15) is 10.5 Å². The molecule has 19 heavy (non-hydrogen) atoms. The molecule has 0 aliphatic carbocycles. The zero-order valence-corrected chi connectivity index (χ0v) is 9.69. The number of aromatic carboxylic acids is 1. The Morgan fingerprint density at radius 3 is 2.79 bits per heavy atom. The molecule has 8 nitrogen and oxygen atoms in total. The maximum atomic E-state index is 10.7. The van der Waals surface area contributed by atoms with Crippen LogP contribution in [0.5, 0.6) is 5.75 Å². The van der Waals surface area contributed by atoms with Gasteiger partial charge in [-0.3, -0.25) is 10.1 Å². The molecule has 0 saturated heterocycles. The van der Waals surface area contributed by atoms with Gasteiger partial charge in [-0.25, -0.2) is 9.78 Å². The molecule has 0 unspecified atom stereocenters. The Kier molecular flexibility index (Phi) is 3.15. The van der Waals surface area contributed by atoms with Crippen molar-refractivity contribution in [1.82, 2.24) is 4.98 Å². The van der Waals surface area contributed by atoms with E-state index in [4.69, 9.17) is 14.3 Å². The van der Waals surface area contributed by atoms with Crippen molar-refractivity contribution < 1.29 is 24.0 Å². The van der Waals surface area contributed by atoms with Gasteiger partial charge in [0.25, 0.3) is 0 Å². The lowest BCUT2D eigenvalue weighted by Crippen LogP contribution is -1.96. The van der Waals surface area contributed by atoms with E-state index in [1.165, 1.54) is 25.3 Å². The quantitative estimate of drug-likeness (QED) is 0.662. The number of carboxylic acid groups (broad SMARTS) is 1. The molecule has 0 amide bonds. The molecule has 0 aliphatic heterocycles. The van der Waals surface area contributed by atoms with Gasteiger partial charge < -0.3 is 14.3 Å². The molecule has 8 heteroatoms. The van der Waals surface area contributed by atoms with Crippen molar-refractivity contribution in [3.05, 3.63) is 40.3 Å². The van der Waals surface area contributed by atoms with Crippen LogP contribution in [0.2, 0.25) is 0 Å². The third-order valence-corrected chi connectivity index (χ3v) is 2.35. The summed E-state index contributed by atoms with van der Waals surface area (Å²) in [7, 11) is 1.30. The number of carbonyl (C=O) groups is 1. The fraction of sp³-hybridized carbons (Fsp3) is 0.0909. The SMILES string of the molecule is COc1cc(-c2nc(C(=O)O)co2)ccc1[N+](=O)[O-]. The van der Waals surface area contributed by atoms with E-state index in [1.54, 1.807) is 0 Å². The third kappa shape index (κ3) is 2.37. The Bertz CT molecular complexity index is 648. The van der Waals surface area contributed by atoms with Crippen LogP contribution in [0.3, 0.4) is 0 Å². The number of aromatic nitrogens is 1. The summed E-state index contributed by atoms with van der Waals surface area (Å²) in [6.45, 7) is 0. The Balaban J connectivity index is 2.45. The minimum atomic E-state index is -1.22. The largest absolute Gasteiger partial charge is 0.490 e. The summed E-state index contributed by atoms with van der Waals surface area (Å²) < 4.78 is 9.89. The van der Waals surface area contributed by atoms with Gasteiger partial charge in [-0.2, -0.15) is 0 Å². The van der Waals surface area contributed by atoms with E-state index in [9.17, 15) is 14.9 Å². The molecule has 98 valence electrons. The molecule has 0 bridgehead atoms. The molecule has 0 aliphatic rings. The topological polar surface area (TPSA) is 116 Å². The number of hydrogen-bond acceptors (Lipinski definition) is 6. The Morgan fingerprint density at radius 1 is 1.53 bits per heavy atom. The third-order valence-electron chi connectivity index (χ3n) is 2.35. The lowest BCUT2D eigenvalue weighted by atomic mass is 10.2. The van der Waals surface area contributed by atoms with E-state index in [-0.39, 0.29) is 23.0 Å². The molecule has 1 aromatic heterocycles. The molecule has 0 atom stereocenters. The van der Waals surface area contributed by atoms with Crippen LogP contribution >= 0.6 is 0 Å². The van der Waals surface area contributed by atoms with Crippen LogP contribution < -0.4 is 4.74 Å². The van der Waals surface area contributed by atoms with Crippen LogP contribution in [-0.4, -0.2) is 28.1 Å². The average Bonchev–Trinajstić information content (AvgIpc) is 2.87. The van der Waals surface area contributed by atoms with Crippen LogP contribution in [0.15, 0.2) is 28.9 Å². The molecule has 1 heterocycles. The summed E-state index contributed by atoms with van der Waals surface area (Å²) >= 11 is 0. The first-order chi connectivity index (χ1) is 9.02. The Labute approximate surface area is 106 Å². The van der Waals surface area contributed by atoms with Crippen molar-refractivity contribution in [3.8, 4) is 17.2 Å². The Morgan fingerprint density at radius 2 is 2.26 bits per heavy atom. The van der Waals surface area contributed by atoms with Gasteiger partial charge in [0.05, 0.1) is 12.0 Å². The fourth-order valence-electron chi connectivity index (χ4n) is 1.47. The number of nitro groups is 1. The van der Waals surface area contributed by atoms with Gasteiger partial charge in [0.15, 0.2) is 11.4 Å². The number of nitrogens with zero attached hydrogens (tertiary/aromatic N) is 2. The van der Waals surface area contributed by atoms with Crippen LogP contribution in [0, 0.1) is 10.1 Å². The minimum absolute atomic E-state index is 0.0394. The molecular weight excluding hydrogens is 256 g/mol. The highest BCUT2D eigenvalue weighted by Gasteiger charge is 2.18. The summed E-state index contributed by atoms with van der Waals surface area (Å²) in [4.78, 5) is 24.6. The van der Waals surface area contributed by atoms with Gasteiger partial charge in [-0.1, -0.05) is 0 Å². The molecule has 1 N–H and O–H groups in total. The zero-order chi connectivity index (χ0) is 14.0. The average molecular weight is 264 g/mol. The van der Waals surface area contributed by atoms with Crippen LogP contribution in [-0.2, 0) is 0 Å². The minimum Gasteiger partial charge on any atom is -0.490 e. The highest BCUT2D eigenvalue weighted by Crippen LogP contribution is 2.31. The number of ether oxygens (including phenoxy) is 1. The number of oxazole rings is 1. The maximum Gasteiger partial charge on any atom is 0.357 e. The first-order valence-corrected chi connectivity index (χ1v) is 5.04. The van der Waals surface area contributed by atoms with Crippen LogP contribution in [0.4, 0.5) is 5.69 Å². The van der Waals surface area contributed by atoms with Gasteiger partial charge in [-0.15, -0.1) is 0 Å². The molecule has 2 aromatic rings. The molecule has 1 aromatic carbocycles. The van der Waals surface area contributed by atoms with E-state index in [1.807, 2.05) is 0 Å². The van der Waals surface area contributed by atoms with Crippen molar-refractivity contribution >= 4 is 11.7 Å². The number of benzene rings is 1. The lowest BCUT2D eigenvalue weighted by molar-refractivity contribution is -0.385. The van der Waals surface area contributed by atoms with Gasteiger partial charge in [0, 0.05) is 11.6 Å². The molecule has 0 fully saturated rings. The van der Waals surface area contributed by atoms with Crippen molar-refractivity contribution in [1.29, 1.82) is 0 Å². The predicted octanol–water partition coefficient (Wildman–Crippen LogP) is 1.96. The van der Waals surface area contributed by atoms with E-state index in [0.29, 0.717) is 5.56 Å². The fourth-order valence-corrected chi connectivity index (χ4v) is 1.47. The molecule has 0 spiro atoms. The highest BCUT2D eigenvalue weighted by molar-refractivity contribution is 5.85. The second-order valence-corrected chi connectivity index (χ2v) is 3.49. The summed E-state index contributed by atoms with van der Waals surface area (Å²) in [6, 6.07) is 3.99. The smallest absolute Gasteiger partial charge is 0.357 e. The second-order valence-electron chi connectivity index (χ2n) is 3.49. The summed E-state index contributed by atoms with van der Waals surface area (Å²) in [5.41, 5.74) is -0.0569. The number of carboxylic acids is 1. The van der Waals surface area contributed by atoms with E-state index in [2.05, 4.69) is 4.98 Å². The molecule has 0 saturated carbocycles. The van der Waals surface area contributed by atoms with Crippen LogP contribution in [0.25, 0.3) is 11.5 Å². The maximum absolute atomic E-state index is 10.7.